The van der Waals surface area contributed by atoms with Crippen LogP contribution in [-0.2, 0) is 0 Å². The van der Waals surface area contributed by atoms with Crippen molar-refractivity contribution in [2.75, 3.05) is 6.54 Å². The van der Waals surface area contributed by atoms with E-state index in [9.17, 15) is 0 Å². The first-order valence-electron chi connectivity index (χ1n) is 7.60. The summed E-state index contributed by atoms with van der Waals surface area (Å²) < 4.78 is 0. The van der Waals surface area contributed by atoms with Gasteiger partial charge in [0, 0.05) is 6.04 Å². The first-order chi connectivity index (χ1) is 7.86. The van der Waals surface area contributed by atoms with Gasteiger partial charge in [0.25, 0.3) is 0 Å². The highest BCUT2D eigenvalue weighted by Gasteiger charge is 2.18. The molecular weight excluding hydrogens is 194 g/mol. The third-order valence-corrected chi connectivity index (χ3v) is 4.14. The van der Waals surface area contributed by atoms with Gasteiger partial charge < -0.3 is 5.32 Å². The summed E-state index contributed by atoms with van der Waals surface area (Å²) in [6.45, 7) is 5.88. The van der Waals surface area contributed by atoms with Crippen molar-refractivity contribution in [1.82, 2.24) is 5.32 Å². The molecule has 1 aliphatic rings. The summed E-state index contributed by atoms with van der Waals surface area (Å²) >= 11 is 0. The van der Waals surface area contributed by atoms with Crippen LogP contribution >= 0.6 is 0 Å². The highest BCUT2D eigenvalue weighted by atomic mass is 14.9. The van der Waals surface area contributed by atoms with Crippen LogP contribution in [0, 0.1) is 5.92 Å². The van der Waals surface area contributed by atoms with Gasteiger partial charge in [0.2, 0.25) is 0 Å². The Morgan fingerprint density at radius 3 is 2.19 bits per heavy atom. The van der Waals surface area contributed by atoms with E-state index in [4.69, 9.17) is 0 Å². The fraction of sp³-hybridized carbons (Fsp3) is 1.00. The first kappa shape index (κ1) is 14.0. The van der Waals surface area contributed by atoms with E-state index in [-0.39, 0.29) is 0 Å². The van der Waals surface area contributed by atoms with Crippen molar-refractivity contribution in [1.29, 1.82) is 0 Å². The maximum absolute atomic E-state index is 3.74. The van der Waals surface area contributed by atoms with Crippen LogP contribution in [-0.4, -0.2) is 12.6 Å². The summed E-state index contributed by atoms with van der Waals surface area (Å²) in [5.41, 5.74) is 0. The van der Waals surface area contributed by atoms with Crippen molar-refractivity contribution >= 4 is 0 Å². The molecule has 0 aromatic rings. The van der Waals surface area contributed by atoms with Gasteiger partial charge in [0.05, 0.1) is 0 Å². The lowest BCUT2D eigenvalue weighted by molar-refractivity contribution is 0.285. The van der Waals surface area contributed by atoms with Crippen LogP contribution in [0.1, 0.15) is 78.1 Å². The van der Waals surface area contributed by atoms with Gasteiger partial charge in [-0.2, -0.15) is 0 Å². The lowest BCUT2D eigenvalue weighted by Gasteiger charge is -2.28. The molecule has 1 fully saturated rings. The molecule has 1 aliphatic carbocycles. The lowest BCUT2D eigenvalue weighted by atomic mass is 9.84. The minimum Gasteiger partial charge on any atom is -0.314 e. The molecule has 0 unspecified atom stereocenters. The fourth-order valence-electron chi connectivity index (χ4n) is 2.81. The zero-order chi connectivity index (χ0) is 11.6. The van der Waals surface area contributed by atoms with Crippen molar-refractivity contribution < 1.29 is 0 Å². The van der Waals surface area contributed by atoms with Crippen LogP contribution in [0.2, 0.25) is 0 Å². The second-order valence-electron chi connectivity index (χ2n) is 5.49. The normalized spacial score (nSPS) is 25.9. The van der Waals surface area contributed by atoms with Crippen molar-refractivity contribution in [2.45, 2.75) is 84.1 Å². The predicted molar refractivity (Wildman–Crippen MR) is 72.8 cm³/mol. The Balaban J connectivity index is 1.90. The molecule has 0 saturated heterocycles. The molecule has 0 heterocycles. The summed E-state index contributed by atoms with van der Waals surface area (Å²) in [6, 6.07) is 0.842. The van der Waals surface area contributed by atoms with E-state index in [1.54, 1.807) is 0 Å². The third-order valence-electron chi connectivity index (χ3n) is 4.14. The Morgan fingerprint density at radius 1 is 0.875 bits per heavy atom. The minimum absolute atomic E-state index is 0.842. The van der Waals surface area contributed by atoms with Crippen LogP contribution in [0.3, 0.4) is 0 Å². The highest BCUT2D eigenvalue weighted by Crippen LogP contribution is 2.26. The molecule has 0 aromatic heterocycles. The van der Waals surface area contributed by atoms with Crippen molar-refractivity contribution in [2.24, 2.45) is 5.92 Å². The van der Waals surface area contributed by atoms with Crippen molar-refractivity contribution in [3.05, 3.63) is 0 Å². The molecule has 1 rings (SSSR count). The second-order valence-corrected chi connectivity index (χ2v) is 5.49. The Labute approximate surface area is 102 Å². The number of nitrogens with one attached hydrogen (secondary N) is 1. The second kappa shape index (κ2) is 9.04. The van der Waals surface area contributed by atoms with Crippen LogP contribution in [0.15, 0.2) is 0 Å². The molecular formula is C15H31N. The van der Waals surface area contributed by atoms with Gasteiger partial charge in [0.15, 0.2) is 0 Å². The van der Waals surface area contributed by atoms with Crippen LogP contribution in [0.25, 0.3) is 0 Å². The monoisotopic (exact) mass is 225 g/mol. The molecule has 0 aromatic carbocycles. The first-order valence-corrected chi connectivity index (χ1v) is 7.60. The average Bonchev–Trinajstić information content (AvgIpc) is 2.34. The summed E-state index contributed by atoms with van der Waals surface area (Å²) in [7, 11) is 0. The molecule has 1 N–H and O–H groups in total. The van der Waals surface area contributed by atoms with Crippen LogP contribution < -0.4 is 5.32 Å². The Hall–Kier alpha value is -0.0400. The van der Waals surface area contributed by atoms with Gasteiger partial charge in [-0.1, -0.05) is 46.0 Å². The molecule has 0 atom stereocenters. The van der Waals surface area contributed by atoms with E-state index in [0.717, 1.165) is 12.0 Å². The number of hydrogen-bond acceptors (Lipinski definition) is 1. The standard InChI is InChI=1S/C15H31N/c1-3-5-6-7-8-13-16-15-11-9-14(4-2)10-12-15/h14-16H,3-13H2,1-2H3. The Bertz CT molecular complexity index is 148. The number of unbranched alkanes of at least 4 members (excludes halogenated alkanes) is 4. The summed E-state index contributed by atoms with van der Waals surface area (Å²) in [5, 5.41) is 3.74. The molecule has 0 radical (unpaired) electrons. The van der Waals surface area contributed by atoms with Crippen molar-refractivity contribution in [3.63, 3.8) is 0 Å². The largest absolute Gasteiger partial charge is 0.314 e. The molecule has 0 spiro atoms. The zero-order valence-electron chi connectivity index (χ0n) is 11.4. The van der Waals surface area contributed by atoms with Crippen LogP contribution in [0.4, 0.5) is 0 Å². The Morgan fingerprint density at radius 2 is 1.56 bits per heavy atom. The van der Waals surface area contributed by atoms with Gasteiger partial charge >= 0.3 is 0 Å². The minimum atomic E-state index is 0.842. The van der Waals surface area contributed by atoms with E-state index < -0.39 is 0 Å². The fourth-order valence-corrected chi connectivity index (χ4v) is 2.81. The van der Waals surface area contributed by atoms with E-state index in [1.807, 2.05) is 0 Å². The van der Waals surface area contributed by atoms with Gasteiger partial charge in [-0.05, 0) is 44.6 Å². The highest BCUT2D eigenvalue weighted by molar-refractivity contribution is 4.76. The summed E-state index contributed by atoms with van der Waals surface area (Å²) in [5.74, 6) is 1.03. The van der Waals surface area contributed by atoms with Gasteiger partial charge in [-0.3, -0.25) is 0 Å². The molecule has 16 heavy (non-hydrogen) atoms. The Kier molecular flexibility index (Phi) is 7.92. The van der Waals surface area contributed by atoms with Gasteiger partial charge in [-0.25, -0.2) is 0 Å². The van der Waals surface area contributed by atoms with E-state index >= 15 is 0 Å². The lowest BCUT2D eigenvalue weighted by Crippen LogP contribution is -2.33. The molecule has 0 amide bonds. The molecule has 0 bridgehead atoms. The number of hydrogen-bond donors (Lipinski definition) is 1. The van der Waals surface area contributed by atoms with E-state index in [2.05, 4.69) is 19.2 Å². The molecule has 1 heteroatoms. The van der Waals surface area contributed by atoms with Gasteiger partial charge in [0.1, 0.15) is 0 Å². The molecule has 0 aliphatic heterocycles. The molecule has 96 valence electrons. The van der Waals surface area contributed by atoms with Crippen molar-refractivity contribution in [3.8, 4) is 0 Å². The van der Waals surface area contributed by atoms with Crippen LogP contribution in [0.5, 0.6) is 0 Å². The smallest absolute Gasteiger partial charge is 0.00672 e. The predicted octanol–water partition coefficient (Wildman–Crippen LogP) is 4.52. The quantitative estimate of drug-likeness (QED) is 0.599. The molecule has 1 nitrogen and oxygen atoms in total. The maximum Gasteiger partial charge on any atom is 0.00672 e. The topological polar surface area (TPSA) is 12.0 Å². The summed E-state index contributed by atoms with van der Waals surface area (Å²) in [6.07, 6.45) is 14.2. The van der Waals surface area contributed by atoms with E-state index in [0.29, 0.717) is 0 Å². The summed E-state index contributed by atoms with van der Waals surface area (Å²) in [4.78, 5) is 0. The van der Waals surface area contributed by atoms with Gasteiger partial charge in [-0.15, -0.1) is 0 Å². The zero-order valence-corrected chi connectivity index (χ0v) is 11.4. The SMILES string of the molecule is CCCCCCCNC1CCC(CC)CC1. The maximum atomic E-state index is 3.74. The van der Waals surface area contributed by atoms with E-state index in [1.165, 1.54) is 70.8 Å². The average molecular weight is 225 g/mol. The molecule has 1 saturated carbocycles. The number of rotatable bonds is 8. The third kappa shape index (κ3) is 5.89.